The zero-order valence-electron chi connectivity index (χ0n) is 12.1. The highest BCUT2D eigenvalue weighted by Gasteiger charge is 2.17. The summed E-state index contributed by atoms with van der Waals surface area (Å²) in [6.07, 6.45) is 3.39. The number of hydrogen-bond donors (Lipinski definition) is 2. The van der Waals surface area contributed by atoms with E-state index in [1.807, 2.05) is 24.7 Å². The van der Waals surface area contributed by atoms with Crippen molar-refractivity contribution in [1.29, 1.82) is 0 Å². The van der Waals surface area contributed by atoms with Gasteiger partial charge in [-0.3, -0.25) is 4.79 Å². The molecule has 5 nitrogen and oxygen atoms in total. The fourth-order valence-electron chi connectivity index (χ4n) is 2.41. The SMILES string of the molecule is Cc1cn(C)c2ncc(C(=O)Nc3ccc(O)cc3)c(Cl)c12. The summed E-state index contributed by atoms with van der Waals surface area (Å²) in [6.45, 7) is 1.93. The summed E-state index contributed by atoms with van der Waals surface area (Å²) in [6, 6.07) is 6.22. The highest BCUT2D eigenvalue weighted by Crippen LogP contribution is 2.30. The number of nitrogens with one attached hydrogen (secondary N) is 1. The molecule has 0 atom stereocenters. The van der Waals surface area contributed by atoms with Gasteiger partial charge in [-0.25, -0.2) is 4.98 Å². The first kappa shape index (κ1) is 14.4. The summed E-state index contributed by atoms with van der Waals surface area (Å²) in [5, 5.41) is 13.2. The quantitative estimate of drug-likeness (QED) is 0.711. The maximum absolute atomic E-state index is 12.4. The van der Waals surface area contributed by atoms with Gasteiger partial charge in [-0.05, 0) is 36.8 Å². The molecule has 1 amide bonds. The number of benzene rings is 1. The molecule has 22 heavy (non-hydrogen) atoms. The smallest absolute Gasteiger partial charge is 0.258 e. The Labute approximate surface area is 132 Å². The second kappa shape index (κ2) is 5.35. The van der Waals surface area contributed by atoms with Crippen LogP contribution >= 0.6 is 11.6 Å². The average Bonchev–Trinajstić information content (AvgIpc) is 2.77. The van der Waals surface area contributed by atoms with Crippen molar-refractivity contribution in [3.05, 3.63) is 52.8 Å². The number of amides is 1. The molecule has 0 bridgehead atoms. The van der Waals surface area contributed by atoms with E-state index >= 15 is 0 Å². The third kappa shape index (κ3) is 2.40. The molecule has 2 N–H and O–H groups in total. The number of aromatic nitrogens is 2. The molecule has 0 fully saturated rings. The van der Waals surface area contributed by atoms with Crippen molar-refractivity contribution < 1.29 is 9.90 Å². The van der Waals surface area contributed by atoms with E-state index in [1.54, 1.807) is 12.1 Å². The Balaban J connectivity index is 1.99. The Morgan fingerprint density at radius 3 is 2.68 bits per heavy atom. The first-order chi connectivity index (χ1) is 10.5. The maximum Gasteiger partial charge on any atom is 0.258 e. The number of hydrogen-bond acceptors (Lipinski definition) is 3. The van der Waals surface area contributed by atoms with E-state index in [0.29, 0.717) is 16.3 Å². The molecule has 2 aromatic heterocycles. The number of phenolic OH excluding ortho intramolecular Hbond substituents is 1. The van der Waals surface area contributed by atoms with Crippen LogP contribution in [0.15, 0.2) is 36.7 Å². The van der Waals surface area contributed by atoms with E-state index in [0.717, 1.165) is 16.6 Å². The second-order valence-electron chi connectivity index (χ2n) is 5.11. The summed E-state index contributed by atoms with van der Waals surface area (Å²) in [5.41, 5.74) is 2.60. The van der Waals surface area contributed by atoms with Gasteiger partial charge in [0.25, 0.3) is 5.91 Å². The van der Waals surface area contributed by atoms with Crippen LogP contribution in [0.3, 0.4) is 0 Å². The maximum atomic E-state index is 12.4. The van der Waals surface area contributed by atoms with Gasteiger partial charge in [-0.1, -0.05) is 11.6 Å². The van der Waals surface area contributed by atoms with Gasteiger partial charge >= 0.3 is 0 Å². The Bertz CT molecular complexity index is 869. The van der Waals surface area contributed by atoms with Gasteiger partial charge in [0.2, 0.25) is 0 Å². The minimum atomic E-state index is -0.339. The lowest BCUT2D eigenvalue weighted by Gasteiger charge is -2.08. The van der Waals surface area contributed by atoms with Crippen LogP contribution < -0.4 is 5.32 Å². The van der Waals surface area contributed by atoms with Crippen molar-refractivity contribution in [2.45, 2.75) is 6.92 Å². The molecule has 0 aliphatic heterocycles. The van der Waals surface area contributed by atoms with Crippen molar-refractivity contribution in [2.75, 3.05) is 5.32 Å². The first-order valence-corrected chi connectivity index (χ1v) is 7.05. The van der Waals surface area contributed by atoms with Gasteiger partial charge in [0.1, 0.15) is 11.4 Å². The minimum Gasteiger partial charge on any atom is -0.508 e. The second-order valence-corrected chi connectivity index (χ2v) is 5.49. The molecule has 0 radical (unpaired) electrons. The highest BCUT2D eigenvalue weighted by atomic mass is 35.5. The molecule has 0 saturated carbocycles. The van der Waals surface area contributed by atoms with Crippen LogP contribution in [0.4, 0.5) is 5.69 Å². The average molecular weight is 316 g/mol. The number of pyridine rings is 1. The fraction of sp³-hybridized carbons (Fsp3) is 0.125. The van der Waals surface area contributed by atoms with E-state index in [1.165, 1.54) is 18.3 Å². The lowest BCUT2D eigenvalue weighted by Crippen LogP contribution is -2.13. The van der Waals surface area contributed by atoms with Crippen molar-refractivity contribution in [3.63, 3.8) is 0 Å². The number of carbonyl (C=O) groups excluding carboxylic acids is 1. The standard InChI is InChI=1S/C16H14ClN3O2/c1-9-8-20(2)15-13(9)14(17)12(7-18-15)16(22)19-10-3-5-11(21)6-4-10/h3-8,21H,1-2H3,(H,19,22). The Morgan fingerprint density at radius 1 is 1.32 bits per heavy atom. The number of rotatable bonds is 2. The van der Waals surface area contributed by atoms with Crippen molar-refractivity contribution in [2.24, 2.45) is 7.05 Å². The van der Waals surface area contributed by atoms with Crippen LogP contribution in [-0.2, 0) is 7.05 Å². The Morgan fingerprint density at radius 2 is 2.00 bits per heavy atom. The van der Waals surface area contributed by atoms with Crippen LogP contribution in [0.1, 0.15) is 15.9 Å². The normalized spacial score (nSPS) is 10.9. The molecule has 2 heterocycles. The van der Waals surface area contributed by atoms with Gasteiger partial charge in [-0.2, -0.15) is 0 Å². The molecule has 3 rings (SSSR count). The lowest BCUT2D eigenvalue weighted by atomic mass is 10.1. The molecule has 0 aliphatic carbocycles. The van der Waals surface area contributed by atoms with Gasteiger partial charge in [-0.15, -0.1) is 0 Å². The molecule has 0 saturated heterocycles. The molecule has 0 aliphatic rings. The van der Waals surface area contributed by atoms with E-state index < -0.39 is 0 Å². The largest absolute Gasteiger partial charge is 0.508 e. The van der Waals surface area contributed by atoms with Crippen LogP contribution in [0.5, 0.6) is 5.75 Å². The third-order valence-corrected chi connectivity index (χ3v) is 3.87. The zero-order valence-corrected chi connectivity index (χ0v) is 12.8. The number of fused-ring (bicyclic) bond motifs is 1. The molecule has 112 valence electrons. The van der Waals surface area contributed by atoms with Crippen molar-refractivity contribution in [3.8, 4) is 5.75 Å². The van der Waals surface area contributed by atoms with Crippen LogP contribution in [0.25, 0.3) is 11.0 Å². The van der Waals surface area contributed by atoms with Crippen LogP contribution in [0.2, 0.25) is 5.02 Å². The summed E-state index contributed by atoms with van der Waals surface area (Å²) in [7, 11) is 1.88. The van der Waals surface area contributed by atoms with Crippen molar-refractivity contribution in [1.82, 2.24) is 9.55 Å². The van der Waals surface area contributed by atoms with Crippen molar-refractivity contribution >= 4 is 34.2 Å². The number of aromatic hydroxyl groups is 1. The Hall–Kier alpha value is -2.53. The summed E-state index contributed by atoms with van der Waals surface area (Å²) in [5.74, 6) is -0.202. The number of halogens is 1. The number of phenols is 1. The number of aryl methyl sites for hydroxylation is 2. The Kier molecular flexibility index (Phi) is 3.50. The molecule has 0 spiro atoms. The van der Waals surface area contributed by atoms with E-state index in [9.17, 15) is 9.90 Å². The predicted molar refractivity (Wildman–Crippen MR) is 86.5 cm³/mol. The molecule has 6 heteroatoms. The van der Waals surface area contributed by atoms with E-state index in [2.05, 4.69) is 10.3 Å². The molecular weight excluding hydrogens is 302 g/mol. The van der Waals surface area contributed by atoms with E-state index in [-0.39, 0.29) is 11.7 Å². The molecule has 3 aromatic rings. The lowest BCUT2D eigenvalue weighted by molar-refractivity contribution is 0.102. The number of nitrogens with zero attached hydrogens (tertiary/aromatic N) is 2. The van der Waals surface area contributed by atoms with Gasteiger partial charge in [0, 0.05) is 30.5 Å². The fourth-order valence-corrected chi connectivity index (χ4v) is 2.78. The topological polar surface area (TPSA) is 67.2 Å². The summed E-state index contributed by atoms with van der Waals surface area (Å²) in [4.78, 5) is 16.7. The molecule has 1 aromatic carbocycles. The van der Waals surface area contributed by atoms with Gasteiger partial charge in [0.05, 0.1) is 10.6 Å². The van der Waals surface area contributed by atoms with Crippen LogP contribution in [0, 0.1) is 6.92 Å². The summed E-state index contributed by atoms with van der Waals surface area (Å²) >= 11 is 6.39. The monoisotopic (exact) mass is 315 g/mol. The third-order valence-electron chi connectivity index (χ3n) is 3.48. The highest BCUT2D eigenvalue weighted by molar-refractivity contribution is 6.39. The van der Waals surface area contributed by atoms with E-state index in [4.69, 9.17) is 11.6 Å². The summed E-state index contributed by atoms with van der Waals surface area (Å²) < 4.78 is 1.87. The zero-order chi connectivity index (χ0) is 15.9. The molecular formula is C16H14ClN3O2. The van der Waals surface area contributed by atoms with Crippen LogP contribution in [-0.4, -0.2) is 20.6 Å². The first-order valence-electron chi connectivity index (χ1n) is 6.68. The minimum absolute atomic E-state index is 0.138. The molecule has 0 unspecified atom stereocenters. The van der Waals surface area contributed by atoms with Gasteiger partial charge in [0.15, 0.2) is 0 Å². The van der Waals surface area contributed by atoms with Gasteiger partial charge < -0.3 is 15.0 Å². The number of carbonyl (C=O) groups is 1. The number of anilines is 1. The predicted octanol–water partition coefficient (Wildman–Crippen LogP) is 3.49.